The van der Waals surface area contributed by atoms with Crippen molar-refractivity contribution in [1.82, 2.24) is 5.32 Å². The van der Waals surface area contributed by atoms with Crippen LogP contribution in [0.3, 0.4) is 0 Å². The fourth-order valence-corrected chi connectivity index (χ4v) is 2.96. The molecule has 0 spiro atoms. The minimum atomic E-state index is -2.51. The Morgan fingerprint density at radius 2 is 2.22 bits per heavy atom. The molecule has 1 saturated carbocycles. The van der Waals surface area contributed by atoms with Gasteiger partial charge < -0.3 is 10.1 Å². The van der Waals surface area contributed by atoms with Crippen molar-refractivity contribution in [3.8, 4) is 5.75 Å². The first-order chi connectivity index (χ1) is 8.58. The molecule has 0 bridgehead atoms. The predicted octanol–water partition coefficient (Wildman–Crippen LogP) is 3.13. The molecule has 98 valence electrons. The Kier molecular flexibility index (Phi) is 3.06. The average Bonchev–Trinajstić information content (AvgIpc) is 2.97. The second kappa shape index (κ2) is 4.46. The third-order valence-corrected chi connectivity index (χ3v) is 4.44. The Morgan fingerprint density at radius 1 is 1.44 bits per heavy atom. The summed E-state index contributed by atoms with van der Waals surface area (Å²) in [6, 6.07) is 3.86. The number of ether oxygens (including phenoxy) is 1. The van der Waals surface area contributed by atoms with E-state index in [-0.39, 0.29) is 13.0 Å². The molecule has 1 heterocycles. The molecule has 0 amide bonds. The molecule has 1 aliphatic heterocycles. The summed E-state index contributed by atoms with van der Waals surface area (Å²) >= 11 is 3.53. The van der Waals surface area contributed by atoms with E-state index >= 15 is 0 Å². The highest BCUT2D eigenvalue weighted by molar-refractivity contribution is 9.10. The smallest absolute Gasteiger partial charge is 0.255 e. The Bertz CT molecular complexity index is 478. The van der Waals surface area contributed by atoms with E-state index in [1.54, 1.807) is 0 Å². The van der Waals surface area contributed by atoms with Crippen molar-refractivity contribution >= 4 is 15.9 Å². The number of halogens is 3. The molecule has 1 unspecified atom stereocenters. The van der Waals surface area contributed by atoms with Crippen LogP contribution in [0.4, 0.5) is 8.78 Å². The van der Waals surface area contributed by atoms with Crippen LogP contribution in [0.5, 0.6) is 5.75 Å². The minimum Gasteiger partial charge on any atom is -0.492 e. The van der Waals surface area contributed by atoms with Gasteiger partial charge in [-0.15, -0.1) is 0 Å². The van der Waals surface area contributed by atoms with Crippen molar-refractivity contribution in [2.75, 3.05) is 13.2 Å². The molecule has 1 aliphatic carbocycles. The lowest BCUT2D eigenvalue weighted by atomic mass is 10.0. The quantitative estimate of drug-likeness (QED) is 0.924. The number of alkyl halides is 2. The normalized spacial score (nSPS) is 24.5. The van der Waals surface area contributed by atoms with Gasteiger partial charge in [-0.05, 0) is 46.1 Å². The molecule has 3 rings (SSSR count). The summed E-state index contributed by atoms with van der Waals surface area (Å²) in [5.74, 6) is -2.44. The summed E-state index contributed by atoms with van der Waals surface area (Å²) in [5.41, 5.74) is 2.48. The van der Waals surface area contributed by atoms with Gasteiger partial charge in [0, 0.05) is 13.0 Å². The van der Waals surface area contributed by atoms with Crippen molar-refractivity contribution in [2.24, 2.45) is 5.92 Å². The van der Waals surface area contributed by atoms with Crippen molar-refractivity contribution in [3.05, 3.63) is 27.7 Å². The third-order valence-electron chi connectivity index (χ3n) is 3.57. The minimum absolute atomic E-state index is 0.0422. The first-order valence-electron chi connectivity index (χ1n) is 6.09. The van der Waals surface area contributed by atoms with Gasteiger partial charge >= 0.3 is 0 Å². The van der Waals surface area contributed by atoms with Gasteiger partial charge in [0.05, 0.1) is 17.0 Å². The molecule has 1 fully saturated rings. The van der Waals surface area contributed by atoms with Crippen LogP contribution in [0.15, 0.2) is 16.6 Å². The number of rotatable bonds is 3. The lowest BCUT2D eigenvalue weighted by molar-refractivity contribution is 0.0855. The summed E-state index contributed by atoms with van der Waals surface area (Å²) in [7, 11) is 0. The molecule has 1 aromatic rings. The molecule has 0 radical (unpaired) electrons. The molecule has 5 heteroatoms. The number of nitrogens with one attached hydrogen (secondary N) is 1. The van der Waals surface area contributed by atoms with Crippen LogP contribution in [0.2, 0.25) is 0 Å². The van der Waals surface area contributed by atoms with Gasteiger partial charge in [0.1, 0.15) is 5.75 Å². The van der Waals surface area contributed by atoms with E-state index in [4.69, 9.17) is 4.74 Å². The Labute approximate surface area is 113 Å². The lowest BCUT2D eigenvalue weighted by Gasteiger charge is -2.20. The summed E-state index contributed by atoms with van der Waals surface area (Å²) < 4.78 is 32.0. The summed E-state index contributed by atoms with van der Waals surface area (Å²) in [6.45, 7) is 1.90. The molecule has 1 aromatic carbocycles. The van der Waals surface area contributed by atoms with E-state index in [1.165, 1.54) is 11.1 Å². The van der Waals surface area contributed by atoms with Crippen molar-refractivity contribution in [1.29, 1.82) is 0 Å². The van der Waals surface area contributed by atoms with Crippen molar-refractivity contribution < 1.29 is 13.5 Å². The fourth-order valence-electron chi connectivity index (χ4n) is 2.26. The van der Waals surface area contributed by atoms with Crippen molar-refractivity contribution in [2.45, 2.75) is 25.3 Å². The lowest BCUT2D eigenvalue weighted by Crippen LogP contribution is -2.24. The van der Waals surface area contributed by atoms with Gasteiger partial charge in [-0.2, -0.15) is 0 Å². The summed E-state index contributed by atoms with van der Waals surface area (Å²) in [6.07, 6.45) is 0.895. The largest absolute Gasteiger partial charge is 0.492 e. The molecule has 0 saturated heterocycles. The molecule has 18 heavy (non-hydrogen) atoms. The number of benzene rings is 1. The predicted molar refractivity (Wildman–Crippen MR) is 68.1 cm³/mol. The Hall–Kier alpha value is -0.680. The molecular formula is C13H14BrF2NO. The second-order valence-corrected chi connectivity index (χ2v) is 5.71. The van der Waals surface area contributed by atoms with Gasteiger partial charge in [-0.1, -0.05) is 6.07 Å². The monoisotopic (exact) mass is 317 g/mol. The zero-order chi connectivity index (χ0) is 12.8. The summed E-state index contributed by atoms with van der Waals surface area (Å²) in [4.78, 5) is 0. The number of fused-ring (bicyclic) bond motifs is 1. The Balaban J connectivity index is 1.73. The average molecular weight is 318 g/mol. The highest BCUT2D eigenvalue weighted by atomic mass is 79.9. The standard InChI is InChI=1S/C13H14BrF2NO/c14-12-10-3-4-17-6-8(10)1-2-11(12)18-7-9-5-13(9,15)16/h1-2,9,17H,3-7H2. The number of hydrogen-bond donors (Lipinski definition) is 1. The van der Waals surface area contributed by atoms with Crippen LogP contribution in [0.1, 0.15) is 17.5 Å². The first-order valence-corrected chi connectivity index (χ1v) is 6.89. The van der Waals surface area contributed by atoms with E-state index in [1.807, 2.05) is 12.1 Å². The van der Waals surface area contributed by atoms with Crippen LogP contribution in [-0.4, -0.2) is 19.1 Å². The fraction of sp³-hybridized carbons (Fsp3) is 0.538. The molecular weight excluding hydrogens is 304 g/mol. The van der Waals surface area contributed by atoms with Gasteiger partial charge in [0.15, 0.2) is 0 Å². The maximum Gasteiger partial charge on any atom is 0.255 e. The van der Waals surface area contributed by atoms with Gasteiger partial charge in [-0.25, -0.2) is 8.78 Å². The Morgan fingerprint density at radius 3 is 2.94 bits per heavy atom. The maximum absolute atomic E-state index is 12.8. The van der Waals surface area contributed by atoms with E-state index in [9.17, 15) is 8.78 Å². The molecule has 1 atom stereocenters. The zero-order valence-corrected chi connectivity index (χ0v) is 11.4. The SMILES string of the molecule is FC1(F)CC1COc1ccc2c(c1Br)CCNC2. The van der Waals surface area contributed by atoms with Gasteiger partial charge in [-0.3, -0.25) is 0 Å². The van der Waals surface area contributed by atoms with Crippen LogP contribution in [0, 0.1) is 5.92 Å². The highest BCUT2D eigenvalue weighted by Crippen LogP contribution is 2.48. The summed E-state index contributed by atoms with van der Waals surface area (Å²) in [5, 5.41) is 3.30. The molecule has 0 aromatic heterocycles. The second-order valence-electron chi connectivity index (χ2n) is 4.92. The van der Waals surface area contributed by atoms with Crippen LogP contribution in [-0.2, 0) is 13.0 Å². The first kappa shape index (κ1) is 12.4. The van der Waals surface area contributed by atoms with E-state index in [2.05, 4.69) is 21.2 Å². The highest BCUT2D eigenvalue weighted by Gasteiger charge is 2.57. The number of hydrogen-bond acceptors (Lipinski definition) is 2. The van der Waals surface area contributed by atoms with E-state index < -0.39 is 11.8 Å². The molecule has 2 nitrogen and oxygen atoms in total. The van der Waals surface area contributed by atoms with Crippen LogP contribution in [0.25, 0.3) is 0 Å². The molecule has 1 N–H and O–H groups in total. The third kappa shape index (κ3) is 2.26. The topological polar surface area (TPSA) is 21.3 Å². The van der Waals surface area contributed by atoms with Crippen LogP contribution >= 0.6 is 15.9 Å². The molecule has 2 aliphatic rings. The van der Waals surface area contributed by atoms with Gasteiger partial charge in [0.25, 0.3) is 5.92 Å². The van der Waals surface area contributed by atoms with Crippen LogP contribution < -0.4 is 10.1 Å². The van der Waals surface area contributed by atoms with Crippen molar-refractivity contribution in [3.63, 3.8) is 0 Å². The maximum atomic E-state index is 12.8. The zero-order valence-electron chi connectivity index (χ0n) is 9.81. The van der Waals surface area contributed by atoms with E-state index in [0.29, 0.717) is 5.75 Å². The van der Waals surface area contributed by atoms with E-state index in [0.717, 1.165) is 24.0 Å². The van der Waals surface area contributed by atoms with Gasteiger partial charge in [0.2, 0.25) is 0 Å².